The molecular weight excluding hydrogens is 625 g/mol. The quantitative estimate of drug-likeness (QED) is 0.0763. The van der Waals surface area contributed by atoms with Crippen molar-refractivity contribution in [2.75, 3.05) is 32.0 Å². The Morgan fingerprint density at radius 2 is 0.935 bits per heavy atom. The first-order valence-corrected chi connectivity index (χ1v) is 14.5. The van der Waals surface area contributed by atoms with Gasteiger partial charge in [-0.1, -0.05) is 30.3 Å². The van der Waals surface area contributed by atoms with Crippen molar-refractivity contribution in [1.82, 2.24) is 10.9 Å². The lowest BCUT2D eigenvalue weighted by Crippen LogP contribution is -2.31. The molecule has 0 bridgehead atoms. The summed E-state index contributed by atoms with van der Waals surface area (Å²) >= 11 is 11.0. The largest absolute Gasteiger partial charge is 0.497 e. The Bertz CT molecular complexity index is 1740. The smallest absolute Gasteiger partial charge is 0.337 e. The number of methoxy groups -OCH3 is 3. The van der Waals surface area contributed by atoms with E-state index in [1.165, 1.54) is 14.2 Å². The molecule has 0 atom stereocenters. The highest BCUT2D eigenvalue weighted by Crippen LogP contribution is 2.16. The third-order valence-corrected chi connectivity index (χ3v) is 6.69. The molecule has 234 valence electrons. The summed E-state index contributed by atoms with van der Waals surface area (Å²) in [6, 6.07) is 30.1. The van der Waals surface area contributed by atoms with E-state index in [4.69, 9.17) is 38.6 Å². The second kappa shape index (κ2) is 16.4. The van der Waals surface area contributed by atoms with Crippen molar-refractivity contribution >= 4 is 69.4 Å². The van der Waals surface area contributed by atoms with E-state index in [1.54, 1.807) is 55.6 Å². The van der Waals surface area contributed by atoms with Crippen molar-refractivity contribution in [2.24, 2.45) is 10.2 Å². The zero-order valence-electron chi connectivity index (χ0n) is 25.1. The van der Waals surface area contributed by atoms with Crippen LogP contribution in [0.2, 0.25) is 0 Å². The van der Waals surface area contributed by atoms with E-state index in [0.717, 1.165) is 5.56 Å². The highest BCUT2D eigenvalue weighted by molar-refractivity contribution is 7.80. The number of ether oxygens (including phenoxy) is 3. The average molecular weight is 655 g/mol. The van der Waals surface area contributed by atoms with Crippen molar-refractivity contribution in [2.45, 2.75) is 0 Å². The lowest BCUT2D eigenvalue weighted by Gasteiger charge is -2.14. The van der Waals surface area contributed by atoms with Crippen LogP contribution in [0.4, 0.5) is 11.4 Å². The normalized spacial score (nSPS) is 11.1. The molecular formula is C33H30N6O5S2. The van der Waals surface area contributed by atoms with Gasteiger partial charge in [-0.2, -0.15) is 10.2 Å². The minimum atomic E-state index is -0.437. The molecule has 4 rings (SSSR count). The summed E-state index contributed by atoms with van der Waals surface area (Å²) in [5.74, 6) is -0.202. The molecule has 46 heavy (non-hydrogen) atoms. The highest BCUT2D eigenvalue weighted by Gasteiger charge is 2.17. The molecule has 13 heteroatoms. The number of hydrogen-bond acceptors (Lipinski definition) is 9. The Kier molecular flexibility index (Phi) is 11.9. The molecule has 0 radical (unpaired) electrons. The second-order valence-corrected chi connectivity index (χ2v) is 10.1. The fourth-order valence-electron chi connectivity index (χ4n) is 4.00. The molecule has 0 aromatic heterocycles. The number of rotatable bonds is 10. The first-order valence-electron chi connectivity index (χ1n) is 13.7. The van der Waals surface area contributed by atoms with E-state index in [2.05, 4.69) is 31.7 Å². The number of benzene rings is 4. The van der Waals surface area contributed by atoms with Crippen molar-refractivity contribution in [3.63, 3.8) is 0 Å². The van der Waals surface area contributed by atoms with Gasteiger partial charge in [-0.3, -0.25) is 10.9 Å². The van der Waals surface area contributed by atoms with Gasteiger partial charge in [0.25, 0.3) is 0 Å². The first-order chi connectivity index (χ1) is 22.3. The molecule has 0 aliphatic carbocycles. The van der Waals surface area contributed by atoms with E-state index >= 15 is 0 Å². The molecule has 0 saturated carbocycles. The number of hydrazone groups is 2. The molecule has 0 unspecified atom stereocenters. The van der Waals surface area contributed by atoms with Crippen molar-refractivity contribution < 1.29 is 23.8 Å². The maximum Gasteiger partial charge on any atom is 0.337 e. The van der Waals surface area contributed by atoms with Gasteiger partial charge in [0.2, 0.25) is 0 Å². The number of carbonyl (C=O) groups excluding carboxylic acids is 2. The van der Waals surface area contributed by atoms with E-state index in [1.807, 2.05) is 54.6 Å². The molecule has 4 N–H and O–H groups in total. The van der Waals surface area contributed by atoms with Gasteiger partial charge >= 0.3 is 11.9 Å². The van der Waals surface area contributed by atoms with Crippen LogP contribution in [0.3, 0.4) is 0 Å². The summed E-state index contributed by atoms with van der Waals surface area (Å²) in [5.41, 5.74) is 10.2. The summed E-state index contributed by atoms with van der Waals surface area (Å²) in [5, 5.41) is 15.8. The lowest BCUT2D eigenvalue weighted by atomic mass is 10.00. The van der Waals surface area contributed by atoms with Gasteiger partial charge in [0.1, 0.15) is 17.2 Å². The van der Waals surface area contributed by atoms with Crippen molar-refractivity contribution in [1.29, 1.82) is 0 Å². The van der Waals surface area contributed by atoms with E-state index in [0.29, 0.717) is 45.2 Å². The van der Waals surface area contributed by atoms with E-state index < -0.39 is 11.9 Å². The van der Waals surface area contributed by atoms with Crippen LogP contribution in [0, 0.1) is 0 Å². The second-order valence-electron chi connectivity index (χ2n) is 9.29. The first kappa shape index (κ1) is 33.2. The van der Waals surface area contributed by atoms with Crippen LogP contribution in [-0.4, -0.2) is 54.9 Å². The molecule has 0 amide bonds. The van der Waals surface area contributed by atoms with Gasteiger partial charge in [0.05, 0.1) is 32.5 Å². The summed E-state index contributed by atoms with van der Waals surface area (Å²) in [6.45, 7) is 0. The van der Waals surface area contributed by atoms with Gasteiger partial charge in [0.15, 0.2) is 10.2 Å². The van der Waals surface area contributed by atoms with E-state index in [-0.39, 0.29) is 10.2 Å². The average Bonchev–Trinajstić information content (AvgIpc) is 3.10. The minimum Gasteiger partial charge on any atom is -0.497 e. The topological polar surface area (TPSA) is 135 Å². The zero-order chi connectivity index (χ0) is 32.9. The summed E-state index contributed by atoms with van der Waals surface area (Å²) < 4.78 is 14.8. The van der Waals surface area contributed by atoms with Gasteiger partial charge in [-0.05, 0) is 97.2 Å². The molecule has 11 nitrogen and oxygen atoms in total. The number of esters is 2. The van der Waals surface area contributed by atoms with Crippen LogP contribution in [0.15, 0.2) is 113 Å². The Hall–Kier alpha value is -5.66. The predicted octanol–water partition coefficient (Wildman–Crippen LogP) is 5.35. The molecule has 0 saturated heterocycles. The number of anilines is 2. The maximum absolute atomic E-state index is 11.8. The summed E-state index contributed by atoms with van der Waals surface area (Å²) in [7, 11) is 4.24. The fraction of sp³-hybridized carbons (Fsp3) is 0.0909. The van der Waals surface area contributed by atoms with Crippen molar-refractivity contribution in [3.8, 4) is 5.75 Å². The fourth-order valence-corrected chi connectivity index (χ4v) is 4.33. The number of thiocarbonyl (C=S) groups is 2. The minimum absolute atomic E-state index is 0.199. The standard InChI is InChI=1S/C33H30N6O5S2/c1-42-27-19-13-22(14-20-27)29(37-39-33(46)35-26-17-11-24(12-18-26)31(41)44-3)28(21-7-5-4-6-8-21)36-38-32(45)34-25-15-9-23(10-16-25)30(40)43-2/h4-20H,1-3H3,(H2,34,38,45)(H2,35,39,46)/b36-28-,37-29+. The van der Waals surface area contributed by atoms with Crippen LogP contribution in [0.25, 0.3) is 0 Å². The molecule has 0 aliphatic rings. The van der Waals surface area contributed by atoms with Gasteiger partial charge in [-0.25, -0.2) is 9.59 Å². The molecule has 4 aromatic carbocycles. The van der Waals surface area contributed by atoms with Crippen LogP contribution in [0.5, 0.6) is 5.75 Å². The number of nitrogens with one attached hydrogen (secondary N) is 4. The number of nitrogens with zero attached hydrogens (tertiary/aromatic N) is 2. The van der Waals surface area contributed by atoms with Gasteiger partial charge in [0, 0.05) is 22.5 Å². The molecule has 0 fully saturated rings. The molecule has 0 heterocycles. The van der Waals surface area contributed by atoms with Crippen LogP contribution >= 0.6 is 24.4 Å². The van der Waals surface area contributed by atoms with Gasteiger partial charge in [-0.15, -0.1) is 0 Å². The van der Waals surface area contributed by atoms with Crippen LogP contribution in [0.1, 0.15) is 31.8 Å². The van der Waals surface area contributed by atoms with Crippen LogP contribution < -0.4 is 26.2 Å². The zero-order valence-corrected chi connectivity index (χ0v) is 26.7. The predicted molar refractivity (Wildman–Crippen MR) is 187 cm³/mol. The number of hydrogen-bond donors (Lipinski definition) is 4. The Morgan fingerprint density at radius 3 is 1.33 bits per heavy atom. The highest BCUT2D eigenvalue weighted by atomic mass is 32.1. The van der Waals surface area contributed by atoms with Crippen LogP contribution in [-0.2, 0) is 9.47 Å². The van der Waals surface area contributed by atoms with Crippen molar-refractivity contribution in [3.05, 3.63) is 125 Å². The third kappa shape index (κ3) is 9.17. The number of carbonyl (C=O) groups is 2. The van der Waals surface area contributed by atoms with E-state index in [9.17, 15) is 9.59 Å². The maximum atomic E-state index is 11.8. The third-order valence-electron chi connectivity index (χ3n) is 6.30. The molecule has 0 spiro atoms. The Morgan fingerprint density at radius 1 is 0.543 bits per heavy atom. The SMILES string of the molecule is COC(=O)c1ccc(NC(=S)N/N=C(\C(=N\NC(=S)Nc2ccc(C(=O)OC)cc2)c2ccc(OC)cc2)c2ccccc2)cc1. The lowest BCUT2D eigenvalue weighted by molar-refractivity contribution is 0.0592. The molecule has 0 aliphatic heterocycles. The molecule has 4 aromatic rings. The monoisotopic (exact) mass is 654 g/mol. The Labute approximate surface area is 276 Å². The summed E-state index contributed by atoms with van der Waals surface area (Å²) in [4.78, 5) is 23.5. The Balaban J connectivity index is 1.61. The summed E-state index contributed by atoms with van der Waals surface area (Å²) in [6.07, 6.45) is 0. The van der Waals surface area contributed by atoms with Gasteiger partial charge < -0.3 is 24.8 Å².